The van der Waals surface area contributed by atoms with Crippen molar-refractivity contribution in [2.75, 3.05) is 25.1 Å². The van der Waals surface area contributed by atoms with E-state index in [9.17, 15) is 0 Å². The van der Waals surface area contributed by atoms with E-state index < -0.39 is 0 Å². The van der Waals surface area contributed by atoms with E-state index >= 15 is 0 Å². The molecule has 1 unspecified atom stereocenters. The second-order valence-corrected chi connectivity index (χ2v) is 5.31. The van der Waals surface area contributed by atoms with Crippen molar-refractivity contribution in [1.29, 1.82) is 0 Å². The van der Waals surface area contributed by atoms with Gasteiger partial charge in [0.25, 0.3) is 0 Å². The molecular weight excluding hydrogens is 270 g/mol. The van der Waals surface area contributed by atoms with Crippen LogP contribution >= 0.6 is 15.9 Å². The monoisotopic (exact) mass is 287 g/mol. The number of alkyl halides is 1. The van der Waals surface area contributed by atoms with Crippen LogP contribution in [0.5, 0.6) is 5.88 Å². The van der Waals surface area contributed by atoms with Crippen LogP contribution in [-0.4, -0.2) is 35.0 Å². The number of nitrogens with zero attached hydrogens (tertiary/aromatic N) is 3. The number of aromatic nitrogens is 2. The maximum Gasteiger partial charge on any atom is 0.228 e. The third-order valence-electron chi connectivity index (χ3n) is 1.98. The molecule has 0 radical (unpaired) electrons. The Labute approximate surface area is 105 Å². The van der Waals surface area contributed by atoms with Crippen molar-refractivity contribution in [3.63, 3.8) is 0 Å². The summed E-state index contributed by atoms with van der Waals surface area (Å²) in [6, 6.07) is 1.85. The van der Waals surface area contributed by atoms with Gasteiger partial charge in [0, 0.05) is 30.2 Å². The first kappa shape index (κ1) is 13.2. The van der Waals surface area contributed by atoms with E-state index in [0.29, 0.717) is 23.3 Å². The van der Waals surface area contributed by atoms with Gasteiger partial charge in [-0.3, -0.25) is 0 Å². The molecule has 0 spiro atoms. The van der Waals surface area contributed by atoms with E-state index in [4.69, 9.17) is 4.74 Å². The van der Waals surface area contributed by atoms with Gasteiger partial charge in [-0.25, -0.2) is 4.98 Å². The summed E-state index contributed by atoms with van der Waals surface area (Å²) in [6.07, 6.45) is 0. The molecule has 0 amide bonds. The molecule has 0 aliphatic heterocycles. The lowest BCUT2D eigenvalue weighted by Crippen LogP contribution is -2.26. The largest absolute Gasteiger partial charge is 0.478 e. The summed E-state index contributed by atoms with van der Waals surface area (Å²) >= 11 is 3.51. The van der Waals surface area contributed by atoms with Crippen LogP contribution in [0.3, 0.4) is 0 Å². The SMILES string of the molecule is CCOc1cc(C)nc(N(C)CC(C)Br)n1. The maximum atomic E-state index is 5.39. The fourth-order valence-electron chi connectivity index (χ4n) is 1.38. The van der Waals surface area contributed by atoms with Gasteiger partial charge >= 0.3 is 0 Å². The van der Waals surface area contributed by atoms with Gasteiger partial charge in [0.15, 0.2) is 0 Å². The normalized spacial score (nSPS) is 12.3. The van der Waals surface area contributed by atoms with Crippen molar-refractivity contribution in [2.45, 2.75) is 25.6 Å². The lowest BCUT2D eigenvalue weighted by Gasteiger charge is -2.19. The van der Waals surface area contributed by atoms with E-state index in [0.717, 1.165) is 12.2 Å². The molecule has 1 aromatic rings. The number of hydrogen-bond acceptors (Lipinski definition) is 4. The second-order valence-electron chi connectivity index (χ2n) is 3.74. The lowest BCUT2D eigenvalue weighted by atomic mass is 10.4. The van der Waals surface area contributed by atoms with Gasteiger partial charge in [0.2, 0.25) is 11.8 Å². The van der Waals surface area contributed by atoms with Crippen molar-refractivity contribution >= 4 is 21.9 Å². The van der Waals surface area contributed by atoms with Crippen molar-refractivity contribution < 1.29 is 4.74 Å². The molecule has 1 heterocycles. The topological polar surface area (TPSA) is 38.2 Å². The Bertz CT molecular complexity index is 344. The number of halogens is 1. The highest BCUT2D eigenvalue weighted by Gasteiger charge is 2.09. The molecule has 0 aromatic carbocycles. The van der Waals surface area contributed by atoms with Crippen molar-refractivity contribution in [3.05, 3.63) is 11.8 Å². The summed E-state index contributed by atoms with van der Waals surface area (Å²) in [5, 5.41) is 0. The lowest BCUT2D eigenvalue weighted by molar-refractivity contribution is 0.326. The molecular formula is C11H18BrN3O. The highest BCUT2D eigenvalue weighted by molar-refractivity contribution is 9.09. The minimum absolute atomic E-state index is 0.400. The van der Waals surface area contributed by atoms with Gasteiger partial charge in [-0.05, 0) is 13.8 Å². The van der Waals surface area contributed by atoms with Crippen LogP contribution in [0.4, 0.5) is 5.95 Å². The van der Waals surface area contributed by atoms with E-state index in [1.807, 2.05) is 31.9 Å². The molecule has 1 aromatic heterocycles. The van der Waals surface area contributed by atoms with Gasteiger partial charge in [0.05, 0.1) is 6.61 Å². The predicted octanol–water partition coefficient (Wildman–Crippen LogP) is 2.40. The molecule has 0 saturated carbocycles. The van der Waals surface area contributed by atoms with Crippen LogP contribution in [0.25, 0.3) is 0 Å². The van der Waals surface area contributed by atoms with Crippen molar-refractivity contribution in [3.8, 4) is 5.88 Å². The first-order chi connectivity index (χ1) is 7.52. The molecule has 1 rings (SSSR count). The molecule has 90 valence electrons. The Kier molecular flexibility index (Phi) is 4.99. The molecule has 5 heteroatoms. The van der Waals surface area contributed by atoms with Crippen LogP contribution in [0, 0.1) is 6.92 Å². The second kappa shape index (κ2) is 6.03. The average Bonchev–Trinajstić information content (AvgIpc) is 2.16. The zero-order chi connectivity index (χ0) is 12.1. The summed E-state index contributed by atoms with van der Waals surface area (Å²) < 4.78 is 5.39. The number of ether oxygens (including phenoxy) is 1. The van der Waals surface area contributed by atoms with Gasteiger partial charge in [0.1, 0.15) is 0 Å². The molecule has 0 fully saturated rings. The zero-order valence-corrected chi connectivity index (χ0v) is 11.8. The third kappa shape index (κ3) is 3.96. The Hall–Kier alpha value is -0.840. The highest BCUT2D eigenvalue weighted by atomic mass is 79.9. The average molecular weight is 288 g/mol. The van der Waals surface area contributed by atoms with Crippen LogP contribution in [0.15, 0.2) is 6.07 Å². The number of rotatable bonds is 5. The van der Waals surface area contributed by atoms with Crippen molar-refractivity contribution in [1.82, 2.24) is 9.97 Å². The Morgan fingerprint density at radius 3 is 2.75 bits per heavy atom. The first-order valence-electron chi connectivity index (χ1n) is 5.36. The van der Waals surface area contributed by atoms with Crippen molar-refractivity contribution in [2.24, 2.45) is 0 Å². The summed E-state index contributed by atoms with van der Waals surface area (Å²) in [5.74, 6) is 1.34. The standard InChI is InChI=1S/C11H18BrN3O/c1-5-16-10-6-9(3)13-11(14-10)15(4)7-8(2)12/h6,8H,5,7H2,1-4H3. The number of hydrogen-bond donors (Lipinski definition) is 0. The third-order valence-corrected chi connectivity index (χ3v) is 2.27. The predicted molar refractivity (Wildman–Crippen MR) is 69.6 cm³/mol. The Morgan fingerprint density at radius 1 is 1.50 bits per heavy atom. The van der Waals surface area contributed by atoms with E-state index in [1.54, 1.807) is 0 Å². The fourth-order valence-corrected chi connectivity index (χ4v) is 1.81. The molecule has 4 nitrogen and oxygen atoms in total. The molecule has 0 N–H and O–H groups in total. The summed E-state index contributed by atoms with van der Waals surface area (Å²) in [4.78, 5) is 11.1. The van der Waals surface area contributed by atoms with Crippen LogP contribution < -0.4 is 9.64 Å². The summed E-state index contributed by atoms with van der Waals surface area (Å²) in [6.45, 7) is 7.46. The molecule has 0 aliphatic carbocycles. The first-order valence-corrected chi connectivity index (χ1v) is 6.28. The molecule has 0 aliphatic rings. The van der Waals surface area contributed by atoms with Crippen LogP contribution in [0.2, 0.25) is 0 Å². The van der Waals surface area contributed by atoms with Crippen LogP contribution in [0.1, 0.15) is 19.5 Å². The minimum Gasteiger partial charge on any atom is -0.478 e. The maximum absolute atomic E-state index is 5.39. The zero-order valence-electron chi connectivity index (χ0n) is 10.2. The summed E-state index contributed by atoms with van der Waals surface area (Å²) in [7, 11) is 1.97. The van der Waals surface area contributed by atoms with Gasteiger partial charge in [-0.1, -0.05) is 22.9 Å². The van der Waals surface area contributed by atoms with E-state index in [2.05, 4.69) is 32.8 Å². The smallest absolute Gasteiger partial charge is 0.228 e. The fraction of sp³-hybridized carbons (Fsp3) is 0.636. The molecule has 0 saturated heterocycles. The van der Waals surface area contributed by atoms with Crippen LogP contribution in [-0.2, 0) is 0 Å². The number of aryl methyl sites for hydroxylation is 1. The molecule has 16 heavy (non-hydrogen) atoms. The quantitative estimate of drug-likeness (QED) is 0.780. The minimum atomic E-state index is 0.400. The molecule has 0 bridgehead atoms. The Morgan fingerprint density at radius 2 is 2.19 bits per heavy atom. The van der Waals surface area contributed by atoms with Gasteiger partial charge in [-0.15, -0.1) is 0 Å². The highest BCUT2D eigenvalue weighted by Crippen LogP contribution is 2.15. The molecule has 1 atom stereocenters. The Balaban J connectivity index is 2.86. The van der Waals surface area contributed by atoms with E-state index in [-0.39, 0.29) is 0 Å². The van der Waals surface area contributed by atoms with E-state index in [1.165, 1.54) is 0 Å². The van der Waals surface area contributed by atoms with Gasteiger partial charge in [-0.2, -0.15) is 4.98 Å². The summed E-state index contributed by atoms with van der Waals surface area (Å²) in [5.41, 5.74) is 0.919. The van der Waals surface area contributed by atoms with Gasteiger partial charge < -0.3 is 9.64 Å². The number of anilines is 1.